The second kappa shape index (κ2) is 5.22. The molecule has 0 aromatic carbocycles. The summed E-state index contributed by atoms with van der Waals surface area (Å²) < 4.78 is 0. The van der Waals surface area contributed by atoms with Crippen molar-refractivity contribution in [2.45, 2.75) is 45.1 Å². The molecule has 1 saturated heterocycles. The Morgan fingerprint density at radius 2 is 2.31 bits per heavy atom. The lowest BCUT2D eigenvalue weighted by molar-refractivity contribution is -0.134. The number of nitrogens with zero attached hydrogens (tertiary/aromatic N) is 1. The SMILES string of the molecule is CCC1CCCCN1C(=O)CCN. The van der Waals surface area contributed by atoms with Gasteiger partial charge in [0, 0.05) is 25.6 Å². The molecule has 76 valence electrons. The van der Waals surface area contributed by atoms with Gasteiger partial charge < -0.3 is 10.6 Å². The zero-order chi connectivity index (χ0) is 9.68. The molecule has 1 fully saturated rings. The van der Waals surface area contributed by atoms with Gasteiger partial charge in [0.25, 0.3) is 0 Å². The lowest BCUT2D eigenvalue weighted by Crippen LogP contribution is -2.43. The number of likely N-dealkylation sites (tertiary alicyclic amines) is 1. The highest BCUT2D eigenvalue weighted by Crippen LogP contribution is 2.19. The van der Waals surface area contributed by atoms with Crippen molar-refractivity contribution >= 4 is 5.91 Å². The van der Waals surface area contributed by atoms with Crippen LogP contribution in [0.1, 0.15) is 39.0 Å². The monoisotopic (exact) mass is 184 g/mol. The Hall–Kier alpha value is -0.570. The van der Waals surface area contributed by atoms with Gasteiger partial charge in [-0.15, -0.1) is 0 Å². The molecule has 2 N–H and O–H groups in total. The third-order valence-electron chi connectivity index (χ3n) is 2.78. The van der Waals surface area contributed by atoms with Gasteiger partial charge in [0.2, 0.25) is 5.91 Å². The van der Waals surface area contributed by atoms with E-state index in [2.05, 4.69) is 6.92 Å². The van der Waals surface area contributed by atoms with E-state index in [0.29, 0.717) is 19.0 Å². The number of carbonyl (C=O) groups is 1. The standard InChI is InChI=1S/C10H20N2O/c1-2-9-5-3-4-8-12(9)10(13)6-7-11/h9H,2-8,11H2,1H3. The molecule has 1 aliphatic heterocycles. The van der Waals surface area contributed by atoms with E-state index in [9.17, 15) is 4.79 Å². The van der Waals surface area contributed by atoms with Gasteiger partial charge in [0.15, 0.2) is 0 Å². The van der Waals surface area contributed by atoms with Gasteiger partial charge in [-0.05, 0) is 25.7 Å². The molecule has 0 radical (unpaired) electrons. The predicted molar refractivity (Wildman–Crippen MR) is 53.3 cm³/mol. The van der Waals surface area contributed by atoms with Crippen molar-refractivity contribution in [3.8, 4) is 0 Å². The molecular weight excluding hydrogens is 164 g/mol. The first-order valence-electron chi connectivity index (χ1n) is 5.29. The largest absolute Gasteiger partial charge is 0.340 e. The van der Waals surface area contributed by atoms with Crippen molar-refractivity contribution in [2.24, 2.45) is 5.73 Å². The number of hydrogen-bond donors (Lipinski definition) is 1. The molecule has 1 aliphatic rings. The molecule has 1 unspecified atom stereocenters. The highest BCUT2D eigenvalue weighted by molar-refractivity contribution is 5.76. The van der Waals surface area contributed by atoms with Gasteiger partial charge in [-0.25, -0.2) is 0 Å². The minimum absolute atomic E-state index is 0.244. The van der Waals surface area contributed by atoms with E-state index in [1.807, 2.05) is 4.90 Å². The van der Waals surface area contributed by atoms with Gasteiger partial charge in [0.1, 0.15) is 0 Å². The van der Waals surface area contributed by atoms with E-state index in [1.165, 1.54) is 12.8 Å². The highest BCUT2D eigenvalue weighted by Gasteiger charge is 2.24. The highest BCUT2D eigenvalue weighted by atomic mass is 16.2. The van der Waals surface area contributed by atoms with Crippen LogP contribution in [0.4, 0.5) is 0 Å². The van der Waals surface area contributed by atoms with Gasteiger partial charge in [-0.3, -0.25) is 4.79 Å². The summed E-state index contributed by atoms with van der Waals surface area (Å²) in [6.07, 6.45) is 5.19. The number of piperidine rings is 1. The van der Waals surface area contributed by atoms with E-state index in [0.717, 1.165) is 19.4 Å². The van der Waals surface area contributed by atoms with Gasteiger partial charge in [0.05, 0.1) is 0 Å². The second-order valence-electron chi connectivity index (χ2n) is 3.68. The molecule has 3 heteroatoms. The molecule has 1 rings (SSSR count). The van der Waals surface area contributed by atoms with Crippen molar-refractivity contribution in [3.05, 3.63) is 0 Å². The molecule has 0 spiro atoms. The molecule has 0 bridgehead atoms. The number of rotatable bonds is 3. The zero-order valence-electron chi connectivity index (χ0n) is 8.46. The van der Waals surface area contributed by atoms with Crippen molar-refractivity contribution in [3.63, 3.8) is 0 Å². The van der Waals surface area contributed by atoms with Gasteiger partial charge in [-0.2, -0.15) is 0 Å². The van der Waals surface area contributed by atoms with E-state index in [4.69, 9.17) is 5.73 Å². The van der Waals surface area contributed by atoms with Crippen molar-refractivity contribution < 1.29 is 4.79 Å². The summed E-state index contributed by atoms with van der Waals surface area (Å²) in [7, 11) is 0. The molecule has 0 aromatic rings. The normalized spacial score (nSPS) is 23.2. The average Bonchev–Trinajstić information content (AvgIpc) is 2.18. The first kappa shape index (κ1) is 10.5. The molecular formula is C10H20N2O. The van der Waals surface area contributed by atoms with Crippen molar-refractivity contribution in [2.75, 3.05) is 13.1 Å². The van der Waals surface area contributed by atoms with Crippen molar-refractivity contribution in [1.29, 1.82) is 0 Å². The summed E-state index contributed by atoms with van der Waals surface area (Å²) in [5.74, 6) is 0.244. The molecule has 1 heterocycles. The van der Waals surface area contributed by atoms with Crippen LogP contribution >= 0.6 is 0 Å². The quantitative estimate of drug-likeness (QED) is 0.714. The lowest BCUT2D eigenvalue weighted by atomic mass is 9.99. The van der Waals surface area contributed by atoms with Gasteiger partial charge >= 0.3 is 0 Å². The summed E-state index contributed by atoms with van der Waals surface area (Å²) in [4.78, 5) is 13.6. The van der Waals surface area contributed by atoms with Gasteiger partial charge in [-0.1, -0.05) is 6.92 Å². The summed E-state index contributed by atoms with van der Waals surface area (Å²) in [6.45, 7) is 3.57. The summed E-state index contributed by atoms with van der Waals surface area (Å²) in [6, 6.07) is 0.479. The van der Waals surface area contributed by atoms with E-state index < -0.39 is 0 Å². The maximum atomic E-state index is 11.6. The maximum absolute atomic E-state index is 11.6. The molecule has 0 saturated carbocycles. The third-order valence-corrected chi connectivity index (χ3v) is 2.78. The fraction of sp³-hybridized carbons (Fsp3) is 0.900. The van der Waals surface area contributed by atoms with Crippen LogP contribution in [0.2, 0.25) is 0 Å². The van der Waals surface area contributed by atoms with Crippen LogP contribution in [0.25, 0.3) is 0 Å². The van der Waals surface area contributed by atoms with Crippen LogP contribution in [0, 0.1) is 0 Å². The number of nitrogens with two attached hydrogens (primary N) is 1. The van der Waals surface area contributed by atoms with Crippen LogP contribution in [-0.2, 0) is 4.79 Å². The zero-order valence-corrected chi connectivity index (χ0v) is 8.46. The first-order chi connectivity index (χ1) is 6.29. The number of hydrogen-bond acceptors (Lipinski definition) is 2. The average molecular weight is 184 g/mol. The fourth-order valence-electron chi connectivity index (χ4n) is 2.02. The van der Waals surface area contributed by atoms with Crippen LogP contribution in [0.3, 0.4) is 0 Å². The van der Waals surface area contributed by atoms with Crippen molar-refractivity contribution in [1.82, 2.24) is 4.90 Å². The van der Waals surface area contributed by atoms with Crippen LogP contribution < -0.4 is 5.73 Å². The fourth-order valence-corrected chi connectivity index (χ4v) is 2.02. The minimum atomic E-state index is 0.244. The van der Waals surface area contributed by atoms with Crippen LogP contribution in [-0.4, -0.2) is 29.9 Å². The Morgan fingerprint density at radius 1 is 1.54 bits per heavy atom. The lowest BCUT2D eigenvalue weighted by Gasteiger charge is -2.35. The second-order valence-corrected chi connectivity index (χ2v) is 3.68. The van der Waals surface area contributed by atoms with E-state index in [1.54, 1.807) is 0 Å². The molecule has 0 aromatic heterocycles. The molecule has 13 heavy (non-hydrogen) atoms. The Balaban J connectivity index is 2.48. The summed E-state index contributed by atoms with van der Waals surface area (Å²) >= 11 is 0. The van der Waals surface area contributed by atoms with Crippen LogP contribution in [0.5, 0.6) is 0 Å². The molecule has 1 atom stereocenters. The Bertz CT molecular complexity index is 170. The molecule has 1 amide bonds. The number of carbonyl (C=O) groups excluding carboxylic acids is 1. The maximum Gasteiger partial charge on any atom is 0.224 e. The minimum Gasteiger partial charge on any atom is -0.340 e. The first-order valence-corrected chi connectivity index (χ1v) is 5.29. The molecule has 0 aliphatic carbocycles. The smallest absolute Gasteiger partial charge is 0.224 e. The summed E-state index contributed by atoms with van der Waals surface area (Å²) in [5, 5.41) is 0. The third kappa shape index (κ3) is 2.69. The van der Waals surface area contributed by atoms with E-state index in [-0.39, 0.29) is 5.91 Å². The Kier molecular flexibility index (Phi) is 4.22. The molecule has 3 nitrogen and oxygen atoms in total. The Labute approximate surface area is 80.3 Å². The predicted octanol–water partition coefficient (Wildman–Crippen LogP) is 1.13. The van der Waals surface area contributed by atoms with Crippen LogP contribution in [0.15, 0.2) is 0 Å². The number of amides is 1. The summed E-state index contributed by atoms with van der Waals surface area (Å²) in [5.41, 5.74) is 5.38. The topological polar surface area (TPSA) is 46.3 Å². The Morgan fingerprint density at radius 3 is 2.92 bits per heavy atom. The van der Waals surface area contributed by atoms with E-state index >= 15 is 0 Å².